The molecule has 4 heteroatoms. The number of hydrogen-bond acceptors (Lipinski definition) is 2. The topological polar surface area (TPSA) is 40.5 Å². The van der Waals surface area contributed by atoms with E-state index >= 15 is 0 Å². The summed E-state index contributed by atoms with van der Waals surface area (Å²) >= 11 is 6.13. The van der Waals surface area contributed by atoms with Crippen LogP contribution in [0.2, 0.25) is 5.02 Å². The van der Waals surface area contributed by atoms with Gasteiger partial charge in [0.25, 0.3) is 5.91 Å². The van der Waals surface area contributed by atoms with Gasteiger partial charge in [0.2, 0.25) is 0 Å². The lowest BCUT2D eigenvalue weighted by atomic mass is 10.0. The molecule has 3 rings (SSSR count). The minimum Gasteiger partial charge on any atom is -0.380 e. The summed E-state index contributed by atoms with van der Waals surface area (Å²) in [5.41, 5.74) is 0.742. The van der Waals surface area contributed by atoms with Crippen LogP contribution in [0.4, 0.5) is 5.69 Å². The molecule has 3 nitrogen and oxygen atoms in total. The van der Waals surface area contributed by atoms with Gasteiger partial charge in [-0.3, -0.25) is 4.79 Å². The summed E-state index contributed by atoms with van der Waals surface area (Å²) in [6.45, 7) is 0.625. The molecule has 0 radical (unpaired) electrons. The molecule has 1 aliphatic carbocycles. The van der Waals surface area contributed by atoms with Crippen LogP contribution in [0.15, 0.2) is 18.2 Å². The number of amides is 1. The fourth-order valence-corrected chi connectivity index (χ4v) is 3.29. The molecule has 18 heavy (non-hydrogen) atoms. The van der Waals surface area contributed by atoms with Gasteiger partial charge in [0.1, 0.15) is 5.60 Å². The third kappa shape index (κ3) is 1.73. The van der Waals surface area contributed by atoms with Gasteiger partial charge in [0, 0.05) is 17.3 Å². The van der Waals surface area contributed by atoms with Gasteiger partial charge >= 0.3 is 0 Å². The molecule has 1 saturated carbocycles. The largest absolute Gasteiger partial charge is 0.380 e. The summed E-state index contributed by atoms with van der Waals surface area (Å²) in [7, 11) is 0. The number of rotatable bonds is 1. The van der Waals surface area contributed by atoms with E-state index in [0.717, 1.165) is 30.5 Å². The molecule has 1 aromatic rings. The predicted octanol–water partition coefficient (Wildman–Crippen LogP) is 2.53. The average molecular weight is 266 g/mol. The number of benzene rings is 1. The highest BCUT2D eigenvalue weighted by Gasteiger charge is 2.43. The molecule has 96 valence electrons. The van der Waals surface area contributed by atoms with Crippen LogP contribution in [0, 0.1) is 0 Å². The maximum Gasteiger partial charge on any atom is 0.258 e. The van der Waals surface area contributed by atoms with Crippen molar-refractivity contribution in [3.05, 3.63) is 28.8 Å². The number of aliphatic hydroxyl groups is 1. The van der Waals surface area contributed by atoms with Crippen LogP contribution in [0.25, 0.3) is 0 Å². The van der Waals surface area contributed by atoms with E-state index in [2.05, 4.69) is 0 Å². The van der Waals surface area contributed by atoms with Crippen molar-refractivity contribution in [1.82, 2.24) is 0 Å². The summed E-state index contributed by atoms with van der Waals surface area (Å²) < 4.78 is 0. The lowest BCUT2D eigenvalue weighted by Gasteiger charge is -2.27. The predicted molar refractivity (Wildman–Crippen MR) is 70.9 cm³/mol. The second-order valence-electron chi connectivity index (χ2n) is 5.18. The van der Waals surface area contributed by atoms with Gasteiger partial charge < -0.3 is 10.0 Å². The zero-order valence-electron chi connectivity index (χ0n) is 10.2. The van der Waals surface area contributed by atoms with Gasteiger partial charge in [-0.2, -0.15) is 0 Å². The Balaban J connectivity index is 1.93. The molecule has 1 heterocycles. The molecule has 0 saturated heterocycles. The van der Waals surface area contributed by atoms with E-state index in [1.54, 1.807) is 4.90 Å². The SMILES string of the molecule is O=C(N1CCc2c(Cl)cccc21)C1(O)CCCC1. The highest BCUT2D eigenvalue weighted by molar-refractivity contribution is 6.32. The molecule has 0 aromatic heterocycles. The van der Waals surface area contributed by atoms with E-state index in [0.29, 0.717) is 24.4 Å². The highest BCUT2D eigenvalue weighted by atomic mass is 35.5. The van der Waals surface area contributed by atoms with Gasteiger partial charge in [0.15, 0.2) is 0 Å². The molecule has 1 amide bonds. The van der Waals surface area contributed by atoms with Crippen LogP contribution in [0.3, 0.4) is 0 Å². The van der Waals surface area contributed by atoms with Crippen LogP contribution in [-0.2, 0) is 11.2 Å². The second kappa shape index (κ2) is 4.25. The summed E-state index contributed by atoms with van der Waals surface area (Å²) in [6, 6.07) is 5.61. The van der Waals surface area contributed by atoms with E-state index in [1.807, 2.05) is 18.2 Å². The number of anilines is 1. The van der Waals surface area contributed by atoms with E-state index in [1.165, 1.54) is 0 Å². The lowest BCUT2D eigenvalue weighted by Crippen LogP contribution is -2.46. The Bertz CT molecular complexity index is 495. The molecule has 1 aliphatic heterocycles. The summed E-state index contributed by atoms with van der Waals surface area (Å²) in [5.74, 6) is -0.152. The number of halogens is 1. The third-order valence-corrected chi connectivity index (χ3v) is 4.40. The van der Waals surface area contributed by atoms with Gasteiger partial charge in [0.05, 0.1) is 0 Å². The summed E-state index contributed by atoms with van der Waals surface area (Å²) in [4.78, 5) is 14.2. The molecular weight excluding hydrogens is 250 g/mol. The molecule has 0 atom stereocenters. The second-order valence-corrected chi connectivity index (χ2v) is 5.59. The number of nitrogens with zero attached hydrogens (tertiary/aromatic N) is 1. The zero-order chi connectivity index (χ0) is 12.8. The van der Waals surface area contributed by atoms with Crippen molar-refractivity contribution in [1.29, 1.82) is 0 Å². The van der Waals surface area contributed by atoms with Crippen molar-refractivity contribution in [2.24, 2.45) is 0 Å². The molecule has 1 aromatic carbocycles. The Kier molecular flexibility index (Phi) is 2.83. The van der Waals surface area contributed by atoms with Crippen molar-refractivity contribution >= 4 is 23.2 Å². The first kappa shape index (κ1) is 12.0. The highest BCUT2D eigenvalue weighted by Crippen LogP contribution is 2.38. The number of carbonyl (C=O) groups excluding carboxylic acids is 1. The lowest BCUT2D eigenvalue weighted by molar-refractivity contribution is -0.136. The van der Waals surface area contributed by atoms with Crippen LogP contribution in [-0.4, -0.2) is 23.2 Å². The Labute approximate surface area is 111 Å². The monoisotopic (exact) mass is 265 g/mol. The van der Waals surface area contributed by atoms with E-state index in [9.17, 15) is 9.90 Å². The quantitative estimate of drug-likeness (QED) is 0.848. The maximum absolute atomic E-state index is 12.5. The standard InChI is InChI=1S/C14H16ClNO2/c15-11-4-3-5-12-10(11)6-9-16(12)13(17)14(18)7-1-2-8-14/h3-5,18H,1-2,6-9H2. The number of carbonyl (C=O) groups is 1. The Hall–Kier alpha value is -1.06. The van der Waals surface area contributed by atoms with Crippen molar-refractivity contribution in [3.63, 3.8) is 0 Å². The number of hydrogen-bond donors (Lipinski definition) is 1. The maximum atomic E-state index is 12.5. The van der Waals surface area contributed by atoms with Crippen molar-refractivity contribution < 1.29 is 9.90 Å². The van der Waals surface area contributed by atoms with Crippen LogP contribution in [0.1, 0.15) is 31.2 Å². The Morgan fingerprint density at radius 1 is 1.33 bits per heavy atom. The molecule has 0 spiro atoms. The molecule has 2 aliphatic rings. The minimum atomic E-state index is -1.15. The fraction of sp³-hybridized carbons (Fsp3) is 0.500. The third-order valence-electron chi connectivity index (χ3n) is 4.04. The van der Waals surface area contributed by atoms with Crippen molar-refractivity contribution in [3.8, 4) is 0 Å². The molecule has 0 unspecified atom stereocenters. The normalized spacial score (nSPS) is 21.1. The van der Waals surface area contributed by atoms with Crippen LogP contribution in [0.5, 0.6) is 0 Å². The average Bonchev–Trinajstić information content (AvgIpc) is 2.96. The van der Waals surface area contributed by atoms with Gasteiger partial charge in [-0.15, -0.1) is 0 Å². The summed E-state index contributed by atoms with van der Waals surface area (Å²) in [5, 5.41) is 11.1. The van der Waals surface area contributed by atoms with Crippen molar-refractivity contribution in [2.45, 2.75) is 37.7 Å². The van der Waals surface area contributed by atoms with Gasteiger partial charge in [-0.05, 0) is 49.8 Å². The summed E-state index contributed by atoms with van der Waals surface area (Å²) in [6.07, 6.45) is 3.80. The van der Waals surface area contributed by atoms with E-state index in [-0.39, 0.29) is 5.91 Å². The first-order valence-electron chi connectivity index (χ1n) is 6.43. The van der Waals surface area contributed by atoms with Crippen LogP contribution < -0.4 is 4.90 Å². The fourth-order valence-electron chi connectivity index (χ4n) is 3.03. The van der Waals surface area contributed by atoms with E-state index in [4.69, 9.17) is 11.6 Å². The van der Waals surface area contributed by atoms with Crippen LogP contribution >= 0.6 is 11.6 Å². The molecular formula is C14H16ClNO2. The van der Waals surface area contributed by atoms with Crippen molar-refractivity contribution in [2.75, 3.05) is 11.4 Å². The molecule has 1 fully saturated rings. The van der Waals surface area contributed by atoms with E-state index < -0.39 is 5.60 Å². The first-order valence-corrected chi connectivity index (χ1v) is 6.81. The zero-order valence-corrected chi connectivity index (χ0v) is 10.9. The number of fused-ring (bicyclic) bond motifs is 1. The van der Waals surface area contributed by atoms with Gasteiger partial charge in [-0.1, -0.05) is 17.7 Å². The Morgan fingerprint density at radius 3 is 2.78 bits per heavy atom. The first-order chi connectivity index (χ1) is 8.62. The Morgan fingerprint density at radius 2 is 2.06 bits per heavy atom. The molecule has 0 bridgehead atoms. The van der Waals surface area contributed by atoms with Gasteiger partial charge in [-0.25, -0.2) is 0 Å². The minimum absolute atomic E-state index is 0.152. The molecule has 1 N–H and O–H groups in total. The smallest absolute Gasteiger partial charge is 0.258 e.